The number of hydrogen-bond donors (Lipinski definition) is 2. The Labute approximate surface area is 80.7 Å². The quantitative estimate of drug-likeness (QED) is 0.718. The van der Waals surface area contributed by atoms with Crippen LogP contribution in [0.5, 0.6) is 0 Å². The Morgan fingerprint density at radius 3 is 2.79 bits per heavy atom. The topological polar surface area (TPSA) is 94.0 Å². The molecule has 1 aromatic heterocycles. The minimum Gasteiger partial charge on any atom is -0.476 e. The van der Waals surface area contributed by atoms with Crippen LogP contribution < -0.4 is 5.73 Å². The molecule has 1 aromatic rings. The van der Waals surface area contributed by atoms with Gasteiger partial charge in [0.1, 0.15) is 5.69 Å². The molecular weight excluding hydrogens is 184 g/mol. The molecule has 1 heterocycles. The predicted octanol–water partition coefficient (Wildman–Crippen LogP) is 0.160. The van der Waals surface area contributed by atoms with E-state index in [0.717, 1.165) is 19.3 Å². The third kappa shape index (κ3) is 1.27. The standard InChI is InChI=1S/C8H12N4O2/c9-4-6-7(8(13)14)12(11-10-6)5-2-1-3-5/h5H,1-4,9H2,(H,13,14). The van der Waals surface area contributed by atoms with Gasteiger partial charge in [-0.1, -0.05) is 5.21 Å². The highest BCUT2D eigenvalue weighted by Crippen LogP contribution is 2.32. The summed E-state index contributed by atoms with van der Waals surface area (Å²) in [5.41, 5.74) is 5.90. The zero-order valence-corrected chi connectivity index (χ0v) is 7.68. The van der Waals surface area contributed by atoms with E-state index in [1.54, 1.807) is 0 Å². The van der Waals surface area contributed by atoms with E-state index >= 15 is 0 Å². The molecule has 0 spiro atoms. The zero-order chi connectivity index (χ0) is 10.1. The molecule has 0 bridgehead atoms. The van der Waals surface area contributed by atoms with Gasteiger partial charge in [0.05, 0.1) is 6.04 Å². The van der Waals surface area contributed by atoms with Gasteiger partial charge in [0.2, 0.25) is 0 Å². The second kappa shape index (κ2) is 3.38. The van der Waals surface area contributed by atoms with Crippen LogP contribution in [-0.4, -0.2) is 26.1 Å². The van der Waals surface area contributed by atoms with E-state index in [1.807, 2.05) is 0 Å². The van der Waals surface area contributed by atoms with Crippen LogP contribution in [0.3, 0.4) is 0 Å². The van der Waals surface area contributed by atoms with Gasteiger partial charge in [0, 0.05) is 6.54 Å². The summed E-state index contributed by atoms with van der Waals surface area (Å²) in [5, 5.41) is 16.6. The first-order valence-electron chi connectivity index (χ1n) is 4.61. The van der Waals surface area contributed by atoms with Crippen LogP contribution in [0.4, 0.5) is 0 Å². The number of carbonyl (C=O) groups is 1. The predicted molar refractivity (Wildman–Crippen MR) is 47.8 cm³/mol. The lowest BCUT2D eigenvalue weighted by atomic mass is 9.93. The van der Waals surface area contributed by atoms with Gasteiger partial charge in [-0.05, 0) is 19.3 Å². The maximum absolute atomic E-state index is 11.0. The molecule has 0 aromatic carbocycles. The fourth-order valence-electron chi connectivity index (χ4n) is 1.57. The van der Waals surface area contributed by atoms with Crippen LogP contribution in [0.25, 0.3) is 0 Å². The molecule has 14 heavy (non-hydrogen) atoms. The average molecular weight is 196 g/mol. The van der Waals surface area contributed by atoms with Crippen LogP contribution >= 0.6 is 0 Å². The second-order valence-electron chi connectivity index (χ2n) is 3.42. The first-order chi connectivity index (χ1) is 6.74. The maximum atomic E-state index is 11.0. The van der Waals surface area contributed by atoms with Crippen molar-refractivity contribution in [2.45, 2.75) is 31.8 Å². The molecule has 76 valence electrons. The summed E-state index contributed by atoms with van der Waals surface area (Å²) >= 11 is 0. The Morgan fingerprint density at radius 2 is 2.36 bits per heavy atom. The van der Waals surface area contributed by atoms with E-state index in [9.17, 15) is 4.79 Å². The summed E-state index contributed by atoms with van der Waals surface area (Å²) < 4.78 is 1.49. The lowest BCUT2D eigenvalue weighted by Crippen LogP contribution is -2.23. The van der Waals surface area contributed by atoms with Gasteiger partial charge in [-0.3, -0.25) is 0 Å². The van der Waals surface area contributed by atoms with Crippen molar-refractivity contribution < 1.29 is 9.90 Å². The maximum Gasteiger partial charge on any atom is 0.356 e. The lowest BCUT2D eigenvalue weighted by Gasteiger charge is -2.25. The number of aromatic carboxylic acids is 1. The minimum atomic E-state index is -0.998. The molecule has 0 aliphatic heterocycles. The van der Waals surface area contributed by atoms with Crippen molar-refractivity contribution in [1.82, 2.24) is 15.0 Å². The van der Waals surface area contributed by atoms with E-state index in [-0.39, 0.29) is 18.3 Å². The fourth-order valence-corrected chi connectivity index (χ4v) is 1.57. The van der Waals surface area contributed by atoms with Crippen LogP contribution in [0.2, 0.25) is 0 Å². The smallest absolute Gasteiger partial charge is 0.356 e. The summed E-state index contributed by atoms with van der Waals surface area (Å²) in [4.78, 5) is 11.0. The SMILES string of the molecule is NCc1nnn(C2CCC2)c1C(=O)O. The molecule has 2 rings (SSSR count). The summed E-state index contributed by atoms with van der Waals surface area (Å²) in [7, 11) is 0. The van der Waals surface area contributed by atoms with Crippen LogP contribution in [0.1, 0.15) is 41.5 Å². The zero-order valence-electron chi connectivity index (χ0n) is 7.68. The van der Waals surface area contributed by atoms with Crippen molar-refractivity contribution >= 4 is 5.97 Å². The summed E-state index contributed by atoms with van der Waals surface area (Å²) in [6.07, 6.45) is 3.09. The highest BCUT2D eigenvalue weighted by Gasteiger charge is 2.27. The van der Waals surface area contributed by atoms with Crippen LogP contribution in [0, 0.1) is 0 Å². The highest BCUT2D eigenvalue weighted by atomic mass is 16.4. The minimum absolute atomic E-state index is 0.119. The Bertz CT molecular complexity index is 356. The third-order valence-electron chi connectivity index (χ3n) is 2.58. The number of nitrogens with zero attached hydrogens (tertiary/aromatic N) is 3. The second-order valence-corrected chi connectivity index (χ2v) is 3.42. The average Bonchev–Trinajstić information content (AvgIpc) is 2.44. The number of carboxylic acid groups (broad SMARTS) is 1. The van der Waals surface area contributed by atoms with Crippen molar-refractivity contribution in [2.75, 3.05) is 0 Å². The molecule has 3 N–H and O–H groups in total. The van der Waals surface area contributed by atoms with Gasteiger partial charge in [-0.15, -0.1) is 5.10 Å². The summed E-state index contributed by atoms with van der Waals surface area (Å²) in [6.45, 7) is 0.119. The van der Waals surface area contributed by atoms with E-state index < -0.39 is 5.97 Å². The third-order valence-corrected chi connectivity index (χ3v) is 2.58. The molecule has 1 aliphatic carbocycles. The summed E-state index contributed by atoms with van der Waals surface area (Å²) in [6, 6.07) is 0.203. The first kappa shape index (κ1) is 9.14. The molecule has 1 saturated carbocycles. The monoisotopic (exact) mass is 196 g/mol. The summed E-state index contributed by atoms with van der Waals surface area (Å²) in [5.74, 6) is -0.998. The van der Waals surface area contributed by atoms with Crippen molar-refractivity contribution in [2.24, 2.45) is 5.73 Å². The molecule has 0 saturated heterocycles. The van der Waals surface area contributed by atoms with Crippen molar-refractivity contribution in [3.05, 3.63) is 11.4 Å². The fraction of sp³-hybridized carbons (Fsp3) is 0.625. The Hall–Kier alpha value is -1.43. The molecule has 0 unspecified atom stereocenters. The normalized spacial score (nSPS) is 16.6. The van der Waals surface area contributed by atoms with Gasteiger partial charge < -0.3 is 10.8 Å². The van der Waals surface area contributed by atoms with Crippen LogP contribution in [0.15, 0.2) is 0 Å². The highest BCUT2D eigenvalue weighted by molar-refractivity contribution is 5.86. The van der Waals surface area contributed by atoms with Gasteiger partial charge in [0.15, 0.2) is 5.69 Å². The van der Waals surface area contributed by atoms with Crippen LogP contribution in [-0.2, 0) is 6.54 Å². The van der Waals surface area contributed by atoms with Gasteiger partial charge in [-0.25, -0.2) is 9.48 Å². The van der Waals surface area contributed by atoms with E-state index in [2.05, 4.69) is 10.3 Å². The Kier molecular flexibility index (Phi) is 2.20. The number of aromatic nitrogens is 3. The van der Waals surface area contributed by atoms with E-state index in [4.69, 9.17) is 10.8 Å². The molecule has 0 atom stereocenters. The molecule has 1 aliphatic rings. The van der Waals surface area contributed by atoms with E-state index in [1.165, 1.54) is 4.68 Å². The molecule has 0 radical (unpaired) electrons. The van der Waals surface area contributed by atoms with E-state index in [0.29, 0.717) is 5.69 Å². The molecule has 6 heteroatoms. The Morgan fingerprint density at radius 1 is 1.64 bits per heavy atom. The van der Waals surface area contributed by atoms with Gasteiger partial charge >= 0.3 is 5.97 Å². The first-order valence-corrected chi connectivity index (χ1v) is 4.61. The van der Waals surface area contributed by atoms with Crippen molar-refractivity contribution in [1.29, 1.82) is 0 Å². The van der Waals surface area contributed by atoms with Crippen molar-refractivity contribution in [3.63, 3.8) is 0 Å². The molecule has 6 nitrogen and oxygen atoms in total. The van der Waals surface area contributed by atoms with Gasteiger partial charge in [-0.2, -0.15) is 0 Å². The molecule has 0 amide bonds. The number of nitrogens with two attached hydrogens (primary N) is 1. The number of carboxylic acids is 1. The lowest BCUT2D eigenvalue weighted by molar-refractivity contribution is 0.0674. The molecular formula is C8H12N4O2. The molecule has 1 fully saturated rings. The number of hydrogen-bond acceptors (Lipinski definition) is 4. The van der Waals surface area contributed by atoms with Gasteiger partial charge in [0.25, 0.3) is 0 Å². The number of rotatable bonds is 3. The Balaban J connectivity index is 2.38. The van der Waals surface area contributed by atoms with Crippen molar-refractivity contribution in [3.8, 4) is 0 Å². The largest absolute Gasteiger partial charge is 0.476 e.